The lowest BCUT2D eigenvalue weighted by atomic mass is 10.0. The number of para-hydroxylation sites is 1. The predicted octanol–water partition coefficient (Wildman–Crippen LogP) is 2.62. The van der Waals surface area contributed by atoms with E-state index in [0.29, 0.717) is 22.8 Å². The Labute approximate surface area is 134 Å². The summed E-state index contributed by atoms with van der Waals surface area (Å²) >= 11 is 0. The van der Waals surface area contributed by atoms with Crippen molar-refractivity contribution in [3.05, 3.63) is 42.0 Å². The highest BCUT2D eigenvalue weighted by Crippen LogP contribution is 2.39. The molecule has 0 aliphatic rings. The summed E-state index contributed by atoms with van der Waals surface area (Å²) in [6, 6.07) is 9.33. The zero-order chi connectivity index (χ0) is 17.0. The van der Waals surface area contributed by atoms with Gasteiger partial charge in [0.15, 0.2) is 23.0 Å². The third-order valence-electron chi connectivity index (χ3n) is 3.47. The summed E-state index contributed by atoms with van der Waals surface area (Å²) < 4.78 is 16.3. The molecule has 23 heavy (non-hydrogen) atoms. The summed E-state index contributed by atoms with van der Waals surface area (Å²) in [5.74, 6) is 0.797. The largest absolute Gasteiger partial charge is 0.504 e. The molecule has 0 heterocycles. The molecule has 6 nitrogen and oxygen atoms in total. The summed E-state index contributed by atoms with van der Waals surface area (Å²) in [4.78, 5) is 0. The molecule has 0 fully saturated rings. The van der Waals surface area contributed by atoms with Gasteiger partial charge in [0.25, 0.3) is 0 Å². The molecule has 0 aliphatic carbocycles. The van der Waals surface area contributed by atoms with Crippen LogP contribution in [0.5, 0.6) is 28.7 Å². The molecular weight excluding hydrogens is 300 g/mol. The fraction of sp³-hybridized carbons (Fsp3) is 0.294. The molecule has 0 radical (unpaired) electrons. The Bertz CT molecular complexity index is 648. The zero-order valence-electron chi connectivity index (χ0n) is 13.2. The van der Waals surface area contributed by atoms with E-state index in [1.54, 1.807) is 25.1 Å². The zero-order valence-corrected chi connectivity index (χ0v) is 13.2. The lowest BCUT2D eigenvalue weighted by Gasteiger charge is -2.23. The van der Waals surface area contributed by atoms with Gasteiger partial charge in [0.1, 0.15) is 12.2 Å². The number of phenolic OH excluding ortho intramolecular Hbond substituents is 2. The van der Waals surface area contributed by atoms with Crippen LogP contribution < -0.4 is 14.2 Å². The van der Waals surface area contributed by atoms with Crippen LogP contribution in [-0.2, 0) is 0 Å². The second-order valence-corrected chi connectivity index (χ2v) is 5.01. The summed E-state index contributed by atoms with van der Waals surface area (Å²) in [6.07, 6.45) is -1.67. The number of rotatable bonds is 6. The van der Waals surface area contributed by atoms with E-state index >= 15 is 0 Å². The van der Waals surface area contributed by atoms with Crippen LogP contribution >= 0.6 is 0 Å². The minimum atomic E-state index is -1.02. The van der Waals surface area contributed by atoms with E-state index in [4.69, 9.17) is 14.2 Å². The first-order valence-electron chi connectivity index (χ1n) is 7.05. The molecule has 0 spiro atoms. The highest BCUT2D eigenvalue weighted by atomic mass is 16.5. The van der Waals surface area contributed by atoms with Crippen molar-refractivity contribution >= 4 is 0 Å². The maximum absolute atomic E-state index is 10.4. The van der Waals surface area contributed by atoms with Gasteiger partial charge in [0.2, 0.25) is 5.75 Å². The van der Waals surface area contributed by atoms with Gasteiger partial charge in [-0.25, -0.2) is 0 Å². The Hall–Kier alpha value is -2.60. The third-order valence-corrected chi connectivity index (χ3v) is 3.47. The summed E-state index contributed by atoms with van der Waals surface area (Å²) in [5, 5.41) is 29.3. The molecule has 0 saturated heterocycles. The molecule has 0 amide bonds. The Morgan fingerprint density at radius 2 is 1.52 bits per heavy atom. The number of aliphatic hydroxyl groups is 1. The van der Waals surface area contributed by atoms with Crippen molar-refractivity contribution < 1.29 is 29.5 Å². The van der Waals surface area contributed by atoms with Gasteiger partial charge in [-0.15, -0.1) is 0 Å². The highest BCUT2D eigenvalue weighted by molar-refractivity contribution is 5.51. The molecule has 0 aromatic heterocycles. The van der Waals surface area contributed by atoms with E-state index < -0.39 is 12.2 Å². The molecule has 2 aromatic rings. The average Bonchev–Trinajstić information content (AvgIpc) is 2.56. The number of benzene rings is 2. The van der Waals surface area contributed by atoms with Crippen molar-refractivity contribution in [1.82, 2.24) is 0 Å². The number of hydrogen-bond acceptors (Lipinski definition) is 6. The highest BCUT2D eigenvalue weighted by Gasteiger charge is 2.22. The van der Waals surface area contributed by atoms with E-state index in [1.165, 1.54) is 32.4 Å². The molecule has 3 N–H and O–H groups in total. The summed E-state index contributed by atoms with van der Waals surface area (Å²) in [6.45, 7) is 1.68. The molecule has 1 unspecified atom stereocenters. The van der Waals surface area contributed by atoms with Crippen LogP contribution in [0.1, 0.15) is 18.6 Å². The second kappa shape index (κ2) is 7.11. The van der Waals surface area contributed by atoms with Crippen LogP contribution in [0.2, 0.25) is 0 Å². The van der Waals surface area contributed by atoms with E-state index in [2.05, 4.69) is 0 Å². The Balaban J connectivity index is 2.24. The van der Waals surface area contributed by atoms with Crippen LogP contribution in [0.3, 0.4) is 0 Å². The van der Waals surface area contributed by atoms with Gasteiger partial charge < -0.3 is 29.5 Å². The molecule has 6 heteroatoms. The van der Waals surface area contributed by atoms with Crippen molar-refractivity contribution in [2.75, 3.05) is 14.2 Å². The number of hydrogen-bond donors (Lipinski definition) is 3. The first-order valence-corrected chi connectivity index (χ1v) is 7.05. The van der Waals surface area contributed by atoms with E-state index in [-0.39, 0.29) is 11.5 Å². The van der Waals surface area contributed by atoms with Gasteiger partial charge in [-0.2, -0.15) is 0 Å². The summed E-state index contributed by atoms with van der Waals surface area (Å²) in [7, 11) is 3.03. The number of aromatic hydroxyl groups is 2. The van der Waals surface area contributed by atoms with Crippen molar-refractivity contribution in [2.24, 2.45) is 0 Å². The van der Waals surface area contributed by atoms with Gasteiger partial charge in [0.05, 0.1) is 14.2 Å². The van der Waals surface area contributed by atoms with Gasteiger partial charge >= 0.3 is 0 Å². The van der Waals surface area contributed by atoms with Crippen molar-refractivity contribution in [2.45, 2.75) is 19.1 Å². The Morgan fingerprint density at radius 3 is 2.04 bits per heavy atom. The average molecular weight is 320 g/mol. The molecule has 2 aromatic carbocycles. The Morgan fingerprint density at radius 1 is 0.913 bits per heavy atom. The number of aliphatic hydroxyl groups excluding tert-OH is 1. The lowest BCUT2D eigenvalue weighted by molar-refractivity contribution is 0.0433. The van der Waals surface area contributed by atoms with Gasteiger partial charge in [-0.3, -0.25) is 0 Å². The third kappa shape index (κ3) is 3.60. The first-order chi connectivity index (χ1) is 11.0. The smallest absolute Gasteiger partial charge is 0.203 e. The van der Waals surface area contributed by atoms with Crippen LogP contribution in [-0.4, -0.2) is 35.6 Å². The second-order valence-electron chi connectivity index (χ2n) is 5.01. The molecule has 124 valence electrons. The normalized spacial score (nSPS) is 13.2. The van der Waals surface area contributed by atoms with E-state index in [9.17, 15) is 15.3 Å². The predicted molar refractivity (Wildman–Crippen MR) is 84.4 cm³/mol. The molecule has 0 aliphatic heterocycles. The van der Waals surface area contributed by atoms with Crippen LogP contribution in [0.25, 0.3) is 0 Å². The van der Waals surface area contributed by atoms with E-state index in [1.807, 2.05) is 0 Å². The van der Waals surface area contributed by atoms with Gasteiger partial charge in [-0.1, -0.05) is 12.1 Å². The minimum Gasteiger partial charge on any atom is -0.504 e. The molecule has 2 rings (SSSR count). The molecular formula is C17H20O6. The van der Waals surface area contributed by atoms with Crippen molar-refractivity contribution in [1.29, 1.82) is 0 Å². The van der Waals surface area contributed by atoms with E-state index in [0.717, 1.165) is 0 Å². The number of ether oxygens (including phenoxy) is 3. The molecule has 0 bridgehead atoms. The quantitative estimate of drug-likeness (QED) is 0.709. The molecule has 2 atom stereocenters. The topological polar surface area (TPSA) is 88.4 Å². The minimum absolute atomic E-state index is 0.249. The van der Waals surface area contributed by atoms with Crippen molar-refractivity contribution in [3.8, 4) is 28.7 Å². The fourth-order valence-electron chi connectivity index (χ4n) is 2.18. The number of methoxy groups -OCH3 is 2. The SMILES string of the molecule is COc1cccc(OC)c1OC(C)[C@@H](O)c1ccc(O)c(O)c1. The lowest BCUT2D eigenvalue weighted by Crippen LogP contribution is -2.22. The molecule has 0 saturated carbocycles. The van der Waals surface area contributed by atoms with Crippen LogP contribution in [0.4, 0.5) is 0 Å². The van der Waals surface area contributed by atoms with Gasteiger partial charge in [0, 0.05) is 0 Å². The van der Waals surface area contributed by atoms with Crippen LogP contribution in [0, 0.1) is 0 Å². The maximum Gasteiger partial charge on any atom is 0.203 e. The first kappa shape index (κ1) is 16.8. The maximum atomic E-state index is 10.4. The standard InChI is InChI=1S/C17H20O6/c1-10(16(20)11-7-8-12(18)13(19)9-11)23-17-14(21-2)5-4-6-15(17)22-3/h4-10,16,18-20H,1-3H3/t10?,16-/m1/s1. The van der Waals surface area contributed by atoms with Crippen LogP contribution in [0.15, 0.2) is 36.4 Å². The fourth-order valence-corrected chi connectivity index (χ4v) is 2.18. The van der Waals surface area contributed by atoms with Gasteiger partial charge in [-0.05, 0) is 36.8 Å². The monoisotopic (exact) mass is 320 g/mol. The Kier molecular flexibility index (Phi) is 5.18. The number of phenols is 2. The van der Waals surface area contributed by atoms with Crippen molar-refractivity contribution in [3.63, 3.8) is 0 Å². The summed E-state index contributed by atoms with van der Waals surface area (Å²) in [5.41, 5.74) is 0.418.